The molecule has 1 N–H and O–H groups in total. The Kier molecular flexibility index (Phi) is 4.89. The molecular formula is C16H11BrF3NO2. The van der Waals surface area contributed by atoms with Gasteiger partial charge in [0.25, 0.3) is 5.91 Å². The van der Waals surface area contributed by atoms with Gasteiger partial charge in [-0.3, -0.25) is 9.59 Å². The van der Waals surface area contributed by atoms with Crippen molar-refractivity contribution >= 4 is 33.8 Å². The van der Waals surface area contributed by atoms with Crippen LogP contribution in [0, 0.1) is 6.92 Å². The van der Waals surface area contributed by atoms with Gasteiger partial charge >= 0.3 is 6.18 Å². The Labute approximate surface area is 138 Å². The lowest BCUT2D eigenvalue weighted by Gasteiger charge is -2.12. The van der Waals surface area contributed by atoms with Crippen LogP contribution in [-0.2, 0) is 6.18 Å². The van der Waals surface area contributed by atoms with Crippen LogP contribution in [0.5, 0.6) is 0 Å². The lowest BCUT2D eigenvalue weighted by molar-refractivity contribution is -0.137. The number of carbonyl (C=O) groups is 2. The third kappa shape index (κ3) is 3.98. The Bertz CT molecular complexity index is 772. The van der Waals surface area contributed by atoms with E-state index in [0.717, 1.165) is 22.2 Å². The number of amides is 1. The summed E-state index contributed by atoms with van der Waals surface area (Å²) >= 11 is 3.29. The smallest absolute Gasteiger partial charge is 0.322 e. The van der Waals surface area contributed by atoms with Gasteiger partial charge in [0.1, 0.15) is 0 Å². The summed E-state index contributed by atoms with van der Waals surface area (Å²) in [6.45, 7) is 1.85. The predicted molar refractivity (Wildman–Crippen MR) is 83.7 cm³/mol. The molecule has 0 aromatic heterocycles. The number of alkyl halides is 3. The number of aldehydes is 1. The van der Waals surface area contributed by atoms with Gasteiger partial charge in [-0.15, -0.1) is 0 Å². The van der Waals surface area contributed by atoms with Crippen molar-refractivity contribution in [3.05, 3.63) is 63.1 Å². The highest BCUT2D eigenvalue weighted by Gasteiger charge is 2.33. The SMILES string of the molecule is Cc1ccc(C(=O)Nc2ccc(C=O)c(C(F)(F)F)c2)cc1Br. The second-order valence-corrected chi connectivity index (χ2v) is 5.69. The molecule has 0 saturated heterocycles. The van der Waals surface area contributed by atoms with E-state index in [1.807, 2.05) is 6.92 Å². The Balaban J connectivity index is 2.31. The van der Waals surface area contributed by atoms with Gasteiger partial charge in [-0.25, -0.2) is 0 Å². The molecule has 0 aliphatic rings. The maximum absolute atomic E-state index is 12.9. The normalized spacial score (nSPS) is 11.2. The van der Waals surface area contributed by atoms with E-state index in [4.69, 9.17) is 0 Å². The molecule has 0 atom stereocenters. The van der Waals surface area contributed by atoms with E-state index >= 15 is 0 Å². The zero-order valence-electron chi connectivity index (χ0n) is 11.9. The summed E-state index contributed by atoms with van der Waals surface area (Å²) in [6.07, 6.45) is -4.55. The molecule has 0 saturated carbocycles. The van der Waals surface area contributed by atoms with Crippen molar-refractivity contribution in [3.8, 4) is 0 Å². The topological polar surface area (TPSA) is 46.2 Å². The number of halogens is 4. The Morgan fingerprint density at radius 2 is 1.87 bits per heavy atom. The number of carbonyl (C=O) groups excluding carboxylic acids is 2. The second-order valence-electron chi connectivity index (χ2n) is 4.84. The number of hydrogen-bond donors (Lipinski definition) is 1. The molecule has 23 heavy (non-hydrogen) atoms. The van der Waals surface area contributed by atoms with Crippen molar-refractivity contribution in [2.24, 2.45) is 0 Å². The zero-order chi connectivity index (χ0) is 17.2. The van der Waals surface area contributed by atoms with Crippen molar-refractivity contribution in [1.82, 2.24) is 0 Å². The van der Waals surface area contributed by atoms with E-state index in [1.54, 1.807) is 18.2 Å². The highest BCUT2D eigenvalue weighted by molar-refractivity contribution is 9.10. The summed E-state index contributed by atoms with van der Waals surface area (Å²) < 4.78 is 39.4. The van der Waals surface area contributed by atoms with Crippen LogP contribution in [0.3, 0.4) is 0 Å². The minimum absolute atomic E-state index is 0.0374. The molecule has 3 nitrogen and oxygen atoms in total. The van der Waals surface area contributed by atoms with Crippen LogP contribution in [-0.4, -0.2) is 12.2 Å². The largest absolute Gasteiger partial charge is 0.417 e. The van der Waals surface area contributed by atoms with Crippen LogP contribution in [0.25, 0.3) is 0 Å². The van der Waals surface area contributed by atoms with Crippen LogP contribution in [0.15, 0.2) is 40.9 Å². The first-order valence-electron chi connectivity index (χ1n) is 6.46. The average molecular weight is 386 g/mol. The van der Waals surface area contributed by atoms with Gasteiger partial charge in [-0.1, -0.05) is 22.0 Å². The lowest BCUT2D eigenvalue weighted by Crippen LogP contribution is -2.14. The number of anilines is 1. The molecule has 0 heterocycles. The molecule has 0 unspecified atom stereocenters. The van der Waals surface area contributed by atoms with E-state index in [-0.39, 0.29) is 12.0 Å². The fourth-order valence-corrected chi connectivity index (χ4v) is 2.30. The first-order chi connectivity index (χ1) is 10.7. The maximum atomic E-state index is 12.9. The highest BCUT2D eigenvalue weighted by Crippen LogP contribution is 2.33. The first kappa shape index (κ1) is 17.2. The van der Waals surface area contributed by atoms with Crippen LogP contribution < -0.4 is 5.32 Å². The molecule has 0 spiro atoms. The summed E-state index contributed by atoms with van der Waals surface area (Å²) in [5.74, 6) is -0.544. The van der Waals surface area contributed by atoms with Gasteiger partial charge in [-0.05, 0) is 42.8 Å². The van der Waals surface area contributed by atoms with E-state index in [0.29, 0.717) is 5.56 Å². The quantitative estimate of drug-likeness (QED) is 0.768. The standard InChI is InChI=1S/C16H11BrF3NO2/c1-9-2-3-10(6-14(9)17)15(23)21-12-5-4-11(8-22)13(7-12)16(18,19)20/h2-8H,1H3,(H,21,23). The second kappa shape index (κ2) is 6.54. The minimum atomic E-state index is -4.68. The van der Waals surface area contributed by atoms with Crippen molar-refractivity contribution < 1.29 is 22.8 Å². The fraction of sp³-hybridized carbons (Fsp3) is 0.125. The van der Waals surface area contributed by atoms with E-state index in [1.165, 1.54) is 6.07 Å². The Morgan fingerprint density at radius 3 is 2.43 bits per heavy atom. The summed E-state index contributed by atoms with van der Waals surface area (Å²) in [5.41, 5.74) is -0.375. The molecule has 7 heteroatoms. The van der Waals surface area contributed by atoms with Crippen LogP contribution in [0.2, 0.25) is 0 Å². The van der Waals surface area contributed by atoms with E-state index < -0.39 is 23.2 Å². The van der Waals surface area contributed by atoms with Gasteiger partial charge in [-0.2, -0.15) is 13.2 Å². The first-order valence-corrected chi connectivity index (χ1v) is 7.25. The van der Waals surface area contributed by atoms with Gasteiger partial charge in [0.05, 0.1) is 5.56 Å². The van der Waals surface area contributed by atoms with Crippen LogP contribution in [0.4, 0.5) is 18.9 Å². The molecule has 2 rings (SSSR count). The molecule has 1 amide bonds. The maximum Gasteiger partial charge on any atom is 0.417 e. The summed E-state index contributed by atoms with van der Waals surface area (Å²) in [7, 11) is 0. The predicted octanol–water partition coefficient (Wildman–Crippen LogP) is 4.84. The third-order valence-electron chi connectivity index (χ3n) is 3.18. The molecule has 0 aliphatic heterocycles. The van der Waals surface area contributed by atoms with Gasteiger partial charge in [0, 0.05) is 21.3 Å². The monoisotopic (exact) mass is 385 g/mol. The molecule has 120 valence electrons. The van der Waals surface area contributed by atoms with Gasteiger partial charge in [0.15, 0.2) is 6.29 Å². The molecule has 0 aliphatic carbocycles. The molecule has 0 fully saturated rings. The summed E-state index contributed by atoms with van der Waals surface area (Å²) in [5, 5.41) is 2.39. The molecule has 0 radical (unpaired) electrons. The van der Waals surface area contributed by atoms with Crippen molar-refractivity contribution in [2.45, 2.75) is 13.1 Å². The number of hydrogen-bond acceptors (Lipinski definition) is 2. The fourth-order valence-electron chi connectivity index (χ4n) is 1.92. The van der Waals surface area contributed by atoms with Crippen molar-refractivity contribution in [2.75, 3.05) is 5.32 Å². The minimum Gasteiger partial charge on any atom is -0.322 e. The van der Waals surface area contributed by atoms with E-state index in [9.17, 15) is 22.8 Å². The molecule has 2 aromatic carbocycles. The number of benzene rings is 2. The van der Waals surface area contributed by atoms with Crippen molar-refractivity contribution in [1.29, 1.82) is 0 Å². The average Bonchev–Trinajstić information content (AvgIpc) is 2.49. The lowest BCUT2D eigenvalue weighted by atomic mass is 10.1. The number of rotatable bonds is 3. The zero-order valence-corrected chi connectivity index (χ0v) is 13.5. The van der Waals surface area contributed by atoms with Crippen LogP contribution in [0.1, 0.15) is 31.8 Å². The molecular weight excluding hydrogens is 375 g/mol. The Morgan fingerprint density at radius 1 is 1.17 bits per heavy atom. The molecule has 0 bridgehead atoms. The highest BCUT2D eigenvalue weighted by atomic mass is 79.9. The van der Waals surface area contributed by atoms with Gasteiger partial charge in [0.2, 0.25) is 0 Å². The summed E-state index contributed by atoms with van der Waals surface area (Å²) in [4.78, 5) is 22.8. The number of aryl methyl sites for hydroxylation is 1. The summed E-state index contributed by atoms with van der Waals surface area (Å²) in [6, 6.07) is 7.88. The van der Waals surface area contributed by atoms with Crippen LogP contribution >= 0.6 is 15.9 Å². The number of nitrogens with one attached hydrogen (secondary N) is 1. The van der Waals surface area contributed by atoms with E-state index in [2.05, 4.69) is 21.2 Å². The van der Waals surface area contributed by atoms with Gasteiger partial charge < -0.3 is 5.32 Å². The Hall–Kier alpha value is -2.15. The third-order valence-corrected chi connectivity index (χ3v) is 4.03. The molecule has 2 aromatic rings. The van der Waals surface area contributed by atoms with Crippen molar-refractivity contribution in [3.63, 3.8) is 0 Å².